The monoisotopic (exact) mass is 274 g/mol. The average molecular weight is 275 g/mol. The van der Waals surface area contributed by atoms with Crippen LogP contribution >= 0.6 is 27.7 Å². The van der Waals surface area contributed by atoms with E-state index in [1.54, 1.807) is 0 Å². The number of hydrogen-bond donors (Lipinski definition) is 0. The van der Waals surface area contributed by atoms with Crippen LogP contribution in [0, 0.1) is 6.92 Å². The van der Waals surface area contributed by atoms with Crippen LogP contribution in [0.2, 0.25) is 0 Å². The molecule has 1 rings (SSSR count). The summed E-state index contributed by atoms with van der Waals surface area (Å²) in [6.07, 6.45) is 3.98. The summed E-state index contributed by atoms with van der Waals surface area (Å²) in [5.41, 5.74) is 1.23. The maximum absolute atomic E-state index is 4.36. The largest absolute Gasteiger partial charge is 0.359 e. The lowest BCUT2D eigenvalue weighted by molar-refractivity contribution is 0.943. The van der Waals surface area contributed by atoms with E-state index < -0.39 is 0 Å². The number of hydrogen-bond acceptors (Lipinski definition) is 3. The van der Waals surface area contributed by atoms with Crippen molar-refractivity contribution in [1.29, 1.82) is 0 Å². The maximum Gasteiger partial charge on any atom is 0.128 e. The Bertz CT molecular complexity index is 304. The van der Waals surface area contributed by atoms with Gasteiger partial charge in [-0.25, -0.2) is 4.98 Å². The predicted octanol–water partition coefficient (Wildman–Crippen LogP) is 2.95. The summed E-state index contributed by atoms with van der Waals surface area (Å²) in [6.45, 7) is 3.12. The van der Waals surface area contributed by atoms with Gasteiger partial charge < -0.3 is 4.90 Å². The van der Waals surface area contributed by atoms with E-state index in [-0.39, 0.29) is 0 Å². The number of thioether (sulfide) groups is 1. The molecule has 0 aliphatic rings. The first-order valence-corrected chi connectivity index (χ1v) is 6.66. The molecule has 0 fully saturated rings. The van der Waals surface area contributed by atoms with Gasteiger partial charge >= 0.3 is 0 Å². The Balaban J connectivity index is 2.70. The first-order valence-electron chi connectivity index (χ1n) is 4.47. The highest BCUT2D eigenvalue weighted by Gasteiger charge is 2.03. The van der Waals surface area contributed by atoms with E-state index in [1.807, 2.05) is 18.0 Å². The van der Waals surface area contributed by atoms with Gasteiger partial charge in [-0.1, -0.05) is 0 Å². The van der Waals surface area contributed by atoms with Crippen LogP contribution in [0.1, 0.15) is 5.56 Å². The number of pyridine rings is 1. The molecule has 0 N–H and O–H groups in total. The second-order valence-corrected chi connectivity index (χ2v) is 5.05. The summed E-state index contributed by atoms with van der Waals surface area (Å²) >= 11 is 5.30. The topological polar surface area (TPSA) is 16.1 Å². The van der Waals surface area contributed by atoms with Crippen molar-refractivity contribution in [2.75, 3.05) is 30.5 Å². The third kappa shape index (κ3) is 3.17. The van der Waals surface area contributed by atoms with Gasteiger partial charge in [-0.3, -0.25) is 0 Å². The van der Waals surface area contributed by atoms with Gasteiger partial charge in [0.25, 0.3) is 0 Å². The molecule has 0 aromatic carbocycles. The van der Waals surface area contributed by atoms with Crippen LogP contribution in [0.15, 0.2) is 16.7 Å². The normalized spacial score (nSPS) is 10.3. The van der Waals surface area contributed by atoms with Crippen LogP contribution in [-0.2, 0) is 0 Å². The molecule has 2 nitrogen and oxygen atoms in total. The zero-order chi connectivity index (χ0) is 10.6. The van der Waals surface area contributed by atoms with Crippen LogP contribution in [0.25, 0.3) is 0 Å². The molecule has 0 saturated carbocycles. The minimum atomic E-state index is 1.04. The minimum Gasteiger partial charge on any atom is -0.359 e. The molecule has 4 heteroatoms. The number of aromatic nitrogens is 1. The summed E-state index contributed by atoms with van der Waals surface area (Å²) in [7, 11) is 2.08. The van der Waals surface area contributed by atoms with Crippen LogP contribution in [-0.4, -0.2) is 30.6 Å². The van der Waals surface area contributed by atoms with Gasteiger partial charge in [0.1, 0.15) is 5.82 Å². The predicted molar refractivity (Wildman–Crippen MR) is 68.3 cm³/mol. The van der Waals surface area contributed by atoms with E-state index in [2.05, 4.69) is 52.1 Å². The van der Waals surface area contributed by atoms with Crippen molar-refractivity contribution < 1.29 is 0 Å². The Morgan fingerprint density at radius 2 is 2.29 bits per heavy atom. The molecule has 0 aliphatic carbocycles. The number of nitrogens with zero attached hydrogens (tertiary/aromatic N) is 2. The van der Waals surface area contributed by atoms with Crippen molar-refractivity contribution in [2.45, 2.75) is 6.92 Å². The summed E-state index contributed by atoms with van der Waals surface area (Å²) in [4.78, 5) is 6.54. The maximum atomic E-state index is 4.36. The van der Waals surface area contributed by atoms with Gasteiger partial charge in [-0.15, -0.1) is 0 Å². The average Bonchev–Trinajstić information content (AvgIpc) is 2.18. The molecule has 1 heterocycles. The van der Waals surface area contributed by atoms with Gasteiger partial charge in [0.15, 0.2) is 0 Å². The highest BCUT2D eigenvalue weighted by Crippen LogP contribution is 2.19. The van der Waals surface area contributed by atoms with Crippen molar-refractivity contribution in [3.05, 3.63) is 22.3 Å². The van der Waals surface area contributed by atoms with Crippen LogP contribution in [0.4, 0.5) is 5.82 Å². The van der Waals surface area contributed by atoms with Crippen molar-refractivity contribution in [1.82, 2.24) is 4.98 Å². The lowest BCUT2D eigenvalue weighted by Gasteiger charge is -2.18. The van der Waals surface area contributed by atoms with Crippen LogP contribution < -0.4 is 4.90 Å². The first-order chi connectivity index (χ1) is 6.65. The summed E-state index contributed by atoms with van der Waals surface area (Å²) in [5, 5.41) is 0. The molecule has 0 spiro atoms. The fraction of sp³-hybridized carbons (Fsp3) is 0.500. The fourth-order valence-electron chi connectivity index (χ4n) is 1.08. The zero-order valence-electron chi connectivity index (χ0n) is 8.75. The molecule has 78 valence electrons. The Hall–Kier alpha value is -0.220. The first kappa shape index (κ1) is 11.9. The Morgan fingerprint density at radius 3 is 2.86 bits per heavy atom. The highest BCUT2D eigenvalue weighted by molar-refractivity contribution is 9.10. The molecular weight excluding hydrogens is 260 g/mol. The standard InChI is InChI=1S/C10H15BrN2S/c1-8-6-10(12-7-9(8)11)13(2)4-5-14-3/h6-7H,4-5H2,1-3H3. The molecule has 0 radical (unpaired) electrons. The highest BCUT2D eigenvalue weighted by atomic mass is 79.9. The van der Waals surface area contributed by atoms with E-state index >= 15 is 0 Å². The van der Waals surface area contributed by atoms with E-state index in [9.17, 15) is 0 Å². The summed E-state index contributed by atoms with van der Waals surface area (Å²) in [6, 6.07) is 2.10. The second-order valence-electron chi connectivity index (χ2n) is 3.21. The SMILES string of the molecule is CSCCN(C)c1cc(C)c(Br)cn1. The molecule has 0 aliphatic heterocycles. The molecule has 0 unspecified atom stereocenters. The molecule has 1 aromatic rings. The second kappa shape index (κ2) is 5.61. The van der Waals surface area contributed by atoms with Crippen LogP contribution in [0.5, 0.6) is 0 Å². The molecule has 1 aromatic heterocycles. The molecule has 14 heavy (non-hydrogen) atoms. The van der Waals surface area contributed by atoms with Crippen LogP contribution in [0.3, 0.4) is 0 Å². The van der Waals surface area contributed by atoms with Crippen molar-refractivity contribution in [3.8, 4) is 0 Å². The number of halogens is 1. The fourth-order valence-corrected chi connectivity index (χ4v) is 1.75. The third-order valence-electron chi connectivity index (χ3n) is 2.05. The van der Waals surface area contributed by atoms with Crippen molar-refractivity contribution >= 4 is 33.5 Å². The molecule has 0 atom stereocenters. The number of rotatable bonds is 4. The summed E-state index contributed by atoms with van der Waals surface area (Å²) < 4.78 is 1.07. The molecule has 0 bridgehead atoms. The van der Waals surface area contributed by atoms with Gasteiger partial charge in [0, 0.05) is 30.0 Å². The van der Waals surface area contributed by atoms with Gasteiger partial charge in [0.05, 0.1) is 0 Å². The quantitative estimate of drug-likeness (QED) is 0.840. The molecule has 0 saturated heterocycles. The van der Waals surface area contributed by atoms with E-state index in [1.165, 1.54) is 5.56 Å². The Labute approximate surface area is 98.2 Å². The van der Waals surface area contributed by atoms with Gasteiger partial charge in [-0.05, 0) is 40.7 Å². The summed E-state index contributed by atoms with van der Waals surface area (Å²) in [5.74, 6) is 2.17. The lowest BCUT2D eigenvalue weighted by atomic mass is 10.3. The van der Waals surface area contributed by atoms with Crippen molar-refractivity contribution in [2.24, 2.45) is 0 Å². The molecule has 0 amide bonds. The zero-order valence-corrected chi connectivity index (χ0v) is 11.2. The van der Waals surface area contributed by atoms with E-state index in [4.69, 9.17) is 0 Å². The smallest absolute Gasteiger partial charge is 0.128 e. The Kier molecular flexibility index (Phi) is 4.75. The Morgan fingerprint density at radius 1 is 1.57 bits per heavy atom. The number of anilines is 1. The molecular formula is C10H15BrN2S. The van der Waals surface area contributed by atoms with Crippen molar-refractivity contribution in [3.63, 3.8) is 0 Å². The lowest BCUT2D eigenvalue weighted by Crippen LogP contribution is -2.21. The van der Waals surface area contributed by atoms with Gasteiger partial charge in [-0.2, -0.15) is 11.8 Å². The third-order valence-corrected chi connectivity index (χ3v) is 3.48. The van der Waals surface area contributed by atoms with Gasteiger partial charge in [0.2, 0.25) is 0 Å². The van der Waals surface area contributed by atoms with E-state index in [0.29, 0.717) is 0 Å². The van der Waals surface area contributed by atoms with E-state index in [0.717, 1.165) is 22.6 Å². The number of aryl methyl sites for hydroxylation is 1. The minimum absolute atomic E-state index is 1.04.